The van der Waals surface area contributed by atoms with Crippen molar-refractivity contribution in [3.05, 3.63) is 22.7 Å². The zero-order valence-corrected chi connectivity index (χ0v) is 18.5. The molecule has 9 heteroatoms. The van der Waals surface area contributed by atoms with Gasteiger partial charge in [-0.25, -0.2) is 17.9 Å². The van der Waals surface area contributed by atoms with Crippen molar-refractivity contribution in [1.29, 1.82) is 0 Å². The van der Waals surface area contributed by atoms with Crippen molar-refractivity contribution in [2.24, 2.45) is 0 Å². The van der Waals surface area contributed by atoms with Crippen molar-refractivity contribution in [2.45, 2.75) is 56.6 Å². The number of piperidine rings is 1. The van der Waals surface area contributed by atoms with Gasteiger partial charge in [-0.1, -0.05) is 15.9 Å². The molecule has 152 valence electrons. The molecule has 1 aromatic rings. The average Bonchev–Trinajstić information content (AvgIpc) is 2.59. The summed E-state index contributed by atoms with van der Waals surface area (Å²) >= 11 is 3.28. The van der Waals surface area contributed by atoms with Gasteiger partial charge in [0.05, 0.1) is 6.04 Å². The molecular weight excluding hydrogens is 436 g/mol. The van der Waals surface area contributed by atoms with Gasteiger partial charge in [-0.05, 0) is 65.3 Å². The molecule has 1 aliphatic heterocycles. The van der Waals surface area contributed by atoms with Crippen molar-refractivity contribution in [1.82, 2.24) is 9.62 Å². The van der Waals surface area contributed by atoms with Crippen LogP contribution in [0.3, 0.4) is 0 Å². The van der Waals surface area contributed by atoms with E-state index in [4.69, 9.17) is 9.47 Å². The lowest BCUT2D eigenvalue weighted by Gasteiger charge is -2.36. The summed E-state index contributed by atoms with van der Waals surface area (Å²) in [5, 5.41) is 0. The van der Waals surface area contributed by atoms with E-state index in [1.54, 1.807) is 17.0 Å². The first-order valence-electron chi connectivity index (χ1n) is 8.89. The van der Waals surface area contributed by atoms with Crippen LogP contribution in [0.5, 0.6) is 5.75 Å². The van der Waals surface area contributed by atoms with Crippen LogP contribution >= 0.6 is 15.9 Å². The third kappa shape index (κ3) is 6.08. The number of hydrogen-bond donors (Lipinski definition) is 1. The highest BCUT2D eigenvalue weighted by Gasteiger charge is 2.31. The molecule has 1 heterocycles. The molecule has 1 saturated heterocycles. The fraction of sp³-hybridized carbons (Fsp3) is 0.611. The lowest BCUT2D eigenvalue weighted by atomic mass is 10.0. The number of halogens is 1. The number of amides is 1. The van der Waals surface area contributed by atoms with Crippen LogP contribution in [0.25, 0.3) is 0 Å². The maximum Gasteiger partial charge on any atom is 0.410 e. The number of likely N-dealkylation sites (tertiary alicyclic amines) is 1. The van der Waals surface area contributed by atoms with Crippen LogP contribution in [0.2, 0.25) is 0 Å². The largest absolute Gasteiger partial charge is 0.490 e. The van der Waals surface area contributed by atoms with E-state index < -0.39 is 15.6 Å². The normalized spacial score (nSPS) is 18.3. The Morgan fingerprint density at radius 2 is 2.04 bits per heavy atom. The van der Waals surface area contributed by atoms with Crippen LogP contribution in [0, 0.1) is 0 Å². The number of carbonyl (C=O) groups is 1. The Kier molecular flexibility index (Phi) is 7.15. The SMILES string of the molecule is CNS(=O)(=O)c1cc(Br)ccc1OCC1CCCCN1C(=O)OC(C)(C)C. The van der Waals surface area contributed by atoms with Gasteiger partial charge in [0.15, 0.2) is 0 Å². The molecule has 1 unspecified atom stereocenters. The van der Waals surface area contributed by atoms with E-state index in [0.717, 1.165) is 19.3 Å². The van der Waals surface area contributed by atoms with Crippen LogP contribution in [0.15, 0.2) is 27.6 Å². The first kappa shape index (κ1) is 22.0. The minimum absolute atomic E-state index is 0.0546. The predicted octanol–water partition coefficient (Wildman–Crippen LogP) is 3.53. The van der Waals surface area contributed by atoms with Crippen LogP contribution in [-0.2, 0) is 14.8 Å². The lowest BCUT2D eigenvalue weighted by Crippen LogP contribution is -2.48. The second-order valence-electron chi connectivity index (χ2n) is 7.43. The molecule has 0 saturated carbocycles. The molecule has 1 atom stereocenters. The zero-order chi connectivity index (χ0) is 20.2. The van der Waals surface area contributed by atoms with Crippen molar-refractivity contribution >= 4 is 32.0 Å². The van der Waals surface area contributed by atoms with Gasteiger partial charge in [-0.15, -0.1) is 0 Å². The smallest absolute Gasteiger partial charge is 0.410 e. The van der Waals surface area contributed by atoms with Crippen molar-refractivity contribution in [3.8, 4) is 5.75 Å². The maximum absolute atomic E-state index is 12.5. The van der Waals surface area contributed by atoms with E-state index in [1.165, 1.54) is 13.1 Å². The number of ether oxygens (including phenoxy) is 2. The van der Waals surface area contributed by atoms with Crippen molar-refractivity contribution in [2.75, 3.05) is 20.2 Å². The van der Waals surface area contributed by atoms with E-state index in [0.29, 0.717) is 11.0 Å². The third-order valence-electron chi connectivity index (χ3n) is 4.15. The summed E-state index contributed by atoms with van der Waals surface area (Å²) in [6, 6.07) is 4.65. The average molecular weight is 463 g/mol. The fourth-order valence-corrected chi connectivity index (χ4v) is 4.25. The van der Waals surface area contributed by atoms with Gasteiger partial charge >= 0.3 is 6.09 Å². The molecule has 0 radical (unpaired) electrons. The van der Waals surface area contributed by atoms with E-state index in [9.17, 15) is 13.2 Å². The van der Waals surface area contributed by atoms with Crippen LogP contribution in [0.4, 0.5) is 4.79 Å². The number of hydrogen-bond acceptors (Lipinski definition) is 5. The molecule has 1 fully saturated rings. The Hall–Kier alpha value is -1.32. The van der Waals surface area contributed by atoms with Gasteiger partial charge in [0, 0.05) is 11.0 Å². The summed E-state index contributed by atoms with van der Waals surface area (Å²) in [6.45, 7) is 6.29. The van der Waals surface area contributed by atoms with Crippen LogP contribution in [-0.4, -0.2) is 51.3 Å². The Bertz CT molecular complexity index is 776. The number of sulfonamides is 1. The van der Waals surface area contributed by atoms with Gasteiger partial charge in [-0.3, -0.25) is 0 Å². The molecular formula is C18H27BrN2O5S. The molecule has 0 aromatic heterocycles. The molecule has 0 spiro atoms. The standard InChI is InChI=1S/C18H27BrN2O5S/c1-18(2,3)26-17(22)21-10-6-5-7-14(21)12-25-15-9-8-13(19)11-16(15)27(23,24)20-4/h8-9,11,14,20H,5-7,10,12H2,1-4H3. The number of rotatable bonds is 5. The molecule has 2 rings (SSSR count). The highest BCUT2D eigenvalue weighted by atomic mass is 79.9. The number of carbonyl (C=O) groups excluding carboxylic acids is 1. The molecule has 1 amide bonds. The number of benzene rings is 1. The summed E-state index contributed by atoms with van der Waals surface area (Å²) in [5.74, 6) is 0.252. The Morgan fingerprint density at radius 3 is 2.67 bits per heavy atom. The first-order chi connectivity index (χ1) is 12.5. The van der Waals surface area contributed by atoms with E-state index in [2.05, 4.69) is 20.7 Å². The summed E-state index contributed by atoms with van der Waals surface area (Å²) in [4.78, 5) is 14.2. The molecule has 1 N–H and O–H groups in total. The molecule has 1 aromatic carbocycles. The lowest BCUT2D eigenvalue weighted by molar-refractivity contribution is 0.00343. The molecule has 27 heavy (non-hydrogen) atoms. The second kappa shape index (κ2) is 8.79. The molecule has 1 aliphatic rings. The van der Waals surface area contributed by atoms with Gasteiger partial charge in [0.25, 0.3) is 0 Å². The third-order valence-corrected chi connectivity index (χ3v) is 6.08. The van der Waals surface area contributed by atoms with Crippen molar-refractivity contribution < 1.29 is 22.7 Å². The van der Waals surface area contributed by atoms with E-state index >= 15 is 0 Å². The highest BCUT2D eigenvalue weighted by molar-refractivity contribution is 9.10. The summed E-state index contributed by atoms with van der Waals surface area (Å²) < 4.78 is 38.8. The fourth-order valence-electron chi connectivity index (χ4n) is 2.84. The molecule has 0 aliphatic carbocycles. The van der Waals surface area contributed by atoms with E-state index in [-0.39, 0.29) is 29.4 Å². The Balaban J connectivity index is 2.16. The Labute approximate surface area is 169 Å². The van der Waals surface area contributed by atoms with Crippen molar-refractivity contribution in [3.63, 3.8) is 0 Å². The van der Waals surface area contributed by atoms with Crippen LogP contribution in [0.1, 0.15) is 40.0 Å². The number of nitrogens with zero attached hydrogens (tertiary/aromatic N) is 1. The maximum atomic E-state index is 12.5. The minimum Gasteiger partial charge on any atom is -0.490 e. The molecule has 0 bridgehead atoms. The highest BCUT2D eigenvalue weighted by Crippen LogP contribution is 2.29. The quantitative estimate of drug-likeness (QED) is 0.723. The summed E-state index contributed by atoms with van der Waals surface area (Å²) in [7, 11) is -2.32. The molecule has 7 nitrogen and oxygen atoms in total. The minimum atomic E-state index is -3.67. The number of nitrogens with one attached hydrogen (secondary N) is 1. The Morgan fingerprint density at radius 1 is 1.33 bits per heavy atom. The topological polar surface area (TPSA) is 84.9 Å². The van der Waals surface area contributed by atoms with Gasteiger partial charge in [0.1, 0.15) is 22.9 Å². The summed E-state index contributed by atoms with van der Waals surface area (Å²) in [5.41, 5.74) is -0.570. The van der Waals surface area contributed by atoms with Gasteiger partial charge in [-0.2, -0.15) is 0 Å². The second-order valence-corrected chi connectivity index (χ2v) is 10.2. The van der Waals surface area contributed by atoms with Gasteiger partial charge in [0.2, 0.25) is 10.0 Å². The van der Waals surface area contributed by atoms with Gasteiger partial charge < -0.3 is 14.4 Å². The first-order valence-corrected chi connectivity index (χ1v) is 11.2. The summed E-state index contributed by atoms with van der Waals surface area (Å²) in [6.07, 6.45) is 2.31. The van der Waals surface area contributed by atoms with Crippen LogP contribution < -0.4 is 9.46 Å². The monoisotopic (exact) mass is 462 g/mol. The van der Waals surface area contributed by atoms with E-state index in [1.807, 2.05) is 20.8 Å². The zero-order valence-electron chi connectivity index (χ0n) is 16.1. The predicted molar refractivity (Wildman–Crippen MR) is 106 cm³/mol.